The van der Waals surface area contributed by atoms with Gasteiger partial charge in [-0.3, -0.25) is 0 Å². The number of rotatable bonds is 2. The van der Waals surface area contributed by atoms with E-state index >= 15 is 0 Å². The minimum atomic E-state index is -4.59. The van der Waals surface area contributed by atoms with Crippen LogP contribution in [-0.2, 0) is 4.74 Å². The molecule has 1 saturated carbocycles. The molecular weight excluding hydrogens is 253 g/mol. The molecule has 2 aliphatic rings. The second-order valence-corrected chi connectivity index (χ2v) is 5.93. The number of ether oxygens (including phenoxy) is 1. The van der Waals surface area contributed by atoms with Crippen molar-refractivity contribution in [3.63, 3.8) is 0 Å². The van der Waals surface area contributed by atoms with E-state index in [-0.39, 0.29) is 11.7 Å². The molecule has 2 unspecified atom stereocenters. The summed E-state index contributed by atoms with van der Waals surface area (Å²) in [7, 11) is 0. The molecule has 4 heteroatoms. The van der Waals surface area contributed by atoms with Gasteiger partial charge in [-0.2, -0.15) is 0 Å². The van der Waals surface area contributed by atoms with Crippen molar-refractivity contribution < 1.29 is 17.9 Å². The highest BCUT2D eigenvalue weighted by molar-refractivity contribution is 5.21. The van der Waals surface area contributed by atoms with Crippen LogP contribution in [0.2, 0.25) is 0 Å². The van der Waals surface area contributed by atoms with Gasteiger partial charge < -0.3 is 4.74 Å². The van der Waals surface area contributed by atoms with Crippen LogP contribution in [0.4, 0.5) is 13.2 Å². The Labute approximate surface area is 112 Å². The molecule has 0 aromatic heterocycles. The molecule has 2 aliphatic carbocycles. The summed E-state index contributed by atoms with van der Waals surface area (Å²) in [5.74, 6) is 1.79. The molecule has 0 aromatic carbocycles. The van der Waals surface area contributed by atoms with Crippen LogP contribution in [0.3, 0.4) is 0 Å². The van der Waals surface area contributed by atoms with E-state index in [2.05, 4.69) is 11.7 Å². The molecule has 0 aliphatic heterocycles. The van der Waals surface area contributed by atoms with Gasteiger partial charge in [0.25, 0.3) is 0 Å². The highest BCUT2D eigenvalue weighted by atomic mass is 19.4. The van der Waals surface area contributed by atoms with Crippen molar-refractivity contribution in [3.05, 3.63) is 24.0 Å². The summed E-state index contributed by atoms with van der Waals surface area (Å²) in [4.78, 5) is 0. The van der Waals surface area contributed by atoms with Crippen LogP contribution < -0.4 is 0 Å². The molecule has 0 aromatic rings. The van der Waals surface area contributed by atoms with Gasteiger partial charge in [-0.1, -0.05) is 32.8 Å². The third-order valence-electron chi connectivity index (χ3n) is 4.36. The predicted octanol–water partition coefficient (Wildman–Crippen LogP) is 5.06. The molecule has 0 heterocycles. The molecule has 1 fully saturated rings. The zero-order chi connectivity index (χ0) is 14.0. The summed E-state index contributed by atoms with van der Waals surface area (Å²) in [6.45, 7) is 4.25. The van der Waals surface area contributed by atoms with E-state index in [0.717, 1.165) is 5.92 Å². The molecule has 1 nitrogen and oxygen atoms in total. The minimum absolute atomic E-state index is 0.0690. The number of allylic oxidation sites excluding steroid dienone is 3. The van der Waals surface area contributed by atoms with Crippen molar-refractivity contribution in [1.82, 2.24) is 0 Å². The fourth-order valence-corrected chi connectivity index (χ4v) is 3.27. The van der Waals surface area contributed by atoms with Crippen molar-refractivity contribution in [3.8, 4) is 0 Å². The monoisotopic (exact) mass is 274 g/mol. The summed E-state index contributed by atoms with van der Waals surface area (Å²) in [5, 5.41) is 0. The summed E-state index contributed by atoms with van der Waals surface area (Å²) in [6, 6.07) is 0. The lowest BCUT2D eigenvalue weighted by Gasteiger charge is -2.35. The average Bonchev–Trinajstić information content (AvgIpc) is 2.29. The fraction of sp³-hybridized carbons (Fsp3) is 0.733. The van der Waals surface area contributed by atoms with Gasteiger partial charge in [0.05, 0.1) is 0 Å². The summed E-state index contributed by atoms with van der Waals surface area (Å²) in [5.41, 5.74) is 0. The van der Waals surface area contributed by atoms with Crippen LogP contribution >= 0.6 is 0 Å². The second-order valence-electron chi connectivity index (χ2n) is 5.93. The third kappa shape index (κ3) is 4.02. The molecular formula is C15H21F3O. The normalized spacial score (nSPS) is 35.9. The Balaban J connectivity index is 1.95. The van der Waals surface area contributed by atoms with E-state index in [4.69, 9.17) is 0 Å². The molecule has 2 rings (SSSR count). The Bertz CT molecular complexity index is 362. The Morgan fingerprint density at radius 2 is 1.74 bits per heavy atom. The van der Waals surface area contributed by atoms with Gasteiger partial charge in [0.15, 0.2) is 0 Å². The first-order chi connectivity index (χ1) is 8.85. The number of hydrogen-bond donors (Lipinski definition) is 0. The lowest BCUT2D eigenvalue weighted by molar-refractivity contribution is -0.303. The van der Waals surface area contributed by atoms with Crippen LogP contribution in [0, 0.1) is 23.7 Å². The first-order valence-electron chi connectivity index (χ1n) is 7.01. The SMILES string of the molecule is CC1CCC(C2C=CC(OC(F)(F)F)=CC2C)CC1. The maximum atomic E-state index is 12.2. The van der Waals surface area contributed by atoms with Crippen LogP contribution in [-0.4, -0.2) is 6.36 Å². The van der Waals surface area contributed by atoms with Gasteiger partial charge in [-0.25, -0.2) is 0 Å². The topological polar surface area (TPSA) is 9.23 Å². The maximum absolute atomic E-state index is 12.2. The largest absolute Gasteiger partial charge is 0.573 e. The molecule has 0 bridgehead atoms. The Morgan fingerprint density at radius 1 is 1.11 bits per heavy atom. The summed E-state index contributed by atoms with van der Waals surface area (Å²) in [6.07, 6.45) is 5.24. The highest BCUT2D eigenvalue weighted by Gasteiger charge is 2.34. The lowest BCUT2D eigenvalue weighted by Crippen LogP contribution is -2.26. The van der Waals surface area contributed by atoms with Crippen LogP contribution in [0.5, 0.6) is 0 Å². The predicted molar refractivity (Wildman–Crippen MR) is 68.1 cm³/mol. The zero-order valence-corrected chi connectivity index (χ0v) is 11.4. The van der Waals surface area contributed by atoms with Crippen molar-refractivity contribution in [2.24, 2.45) is 23.7 Å². The smallest absolute Gasteiger partial charge is 0.406 e. The molecule has 2 atom stereocenters. The zero-order valence-electron chi connectivity index (χ0n) is 11.4. The molecule has 0 spiro atoms. The van der Waals surface area contributed by atoms with E-state index < -0.39 is 6.36 Å². The first-order valence-corrected chi connectivity index (χ1v) is 7.01. The van der Waals surface area contributed by atoms with Gasteiger partial charge in [0.2, 0.25) is 0 Å². The maximum Gasteiger partial charge on any atom is 0.573 e. The molecule has 19 heavy (non-hydrogen) atoms. The number of alkyl halides is 3. The van der Waals surface area contributed by atoms with Crippen LogP contribution in [0.15, 0.2) is 24.0 Å². The number of halogens is 3. The van der Waals surface area contributed by atoms with Gasteiger partial charge in [-0.05, 0) is 48.7 Å². The van der Waals surface area contributed by atoms with Crippen molar-refractivity contribution in [2.45, 2.75) is 45.9 Å². The van der Waals surface area contributed by atoms with Crippen molar-refractivity contribution in [2.75, 3.05) is 0 Å². The van der Waals surface area contributed by atoms with E-state index in [9.17, 15) is 13.2 Å². The third-order valence-corrected chi connectivity index (χ3v) is 4.36. The Morgan fingerprint density at radius 3 is 2.26 bits per heavy atom. The van der Waals surface area contributed by atoms with Crippen molar-refractivity contribution in [1.29, 1.82) is 0 Å². The second kappa shape index (κ2) is 5.59. The molecule has 0 saturated heterocycles. The highest BCUT2D eigenvalue weighted by Crippen LogP contribution is 2.40. The molecule has 0 amide bonds. The molecule has 0 N–H and O–H groups in total. The van der Waals surface area contributed by atoms with E-state index in [0.29, 0.717) is 11.8 Å². The van der Waals surface area contributed by atoms with Crippen LogP contribution in [0.25, 0.3) is 0 Å². The quantitative estimate of drug-likeness (QED) is 0.684. The summed E-state index contributed by atoms with van der Waals surface area (Å²) >= 11 is 0. The van der Waals surface area contributed by atoms with Gasteiger partial charge in [-0.15, -0.1) is 13.2 Å². The Kier molecular flexibility index (Phi) is 4.26. The lowest BCUT2D eigenvalue weighted by atomic mass is 9.71. The van der Waals surface area contributed by atoms with Gasteiger partial charge >= 0.3 is 6.36 Å². The average molecular weight is 274 g/mol. The van der Waals surface area contributed by atoms with Crippen LogP contribution in [0.1, 0.15) is 39.5 Å². The van der Waals surface area contributed by atoms with Crippen molar-refractivity contribution >= 4 is 0 Å². The first kappa shape index (κ1) is 14.5. The van der Waals surface area contributed by atoms with Gasteiger partial charge in [0, 0.05) is 0 Å². The molecule has 108 valence electrons. The van der Waals surface area contributed by atoms with E-state index in [1.165, 1.54) is 31.8 Å². The standard InChI is InChI=1S/C15H21F3O/c1-10-3-5-12(6-4-10)14-8-7-13(9-11(14)2)19-15(16,17)18/h7-12,14H,3-6H2,1-2H3. The minimum Gasteiger partial charge on any atom is -0.406 e. The van der Waals surface area contributed by atoms with Gasteiger partial charge in [0.1, 0.15) is 5.76 Å². The van der Waals surface area contributed by atoms with E-state index in [1.807, 2.05) is 13.0 Å². The molecule has 0 radical (unpaired) electrons. The Hall–Kier alpha value is -0.930. The van der Waals surface area contributed by atoms with E-state index in [1.54, 1.807) is 6.08 Å². The fourth-order valence-electron chi connectivity index (χ4n) is 3.27. The summed E-state index contributed by atoms with van der Waals surface area (Å²) < 4.78 is 40.5. The number of hydrogen-bond acceptors (Lipinski definition) is 1.